The van der Waals surface area contributed by atoms with E-state index in [0.717, 1.165) is 35.3 Å². The number of H-pyrrole nitrogens is 1. The number of rotatable bonds is 5. The van der Waals surface area contributed by atoms with Gasteiger partial charge in [0.25, 0.3) is 5.56 Å². The molecule has 0 atom stereocenters. The van der Waals surface area contributed by atoms with E-state index < -0.39 is 0 Å². The van der Waals surface area contributed by atoms with Gasteiger partial charge in [-0.05, 0) is 23.3 Å². The molecule has 0 unspecified atom stereocenters. The van der Waals surface area contributed by atoms with Gasteiger partial charge in [-0.3, -0.25) is 14.7 Å². The topological polar surface area (TPSA) is 61.0 Å². The minimum Gasteiger partial charge on any atom is -0.352 e. The van der Waals surface area contributed by atoms with Crippen molar-refractivity contribution in [3.63, 3.8) is 0 Å². The first-order valence-corrected chi connectivity index (χ1v) is 9.90. The van der Waals surface area contributed by atoms with Crippen molar-refractivity contribution in [2.45, 2.75) is 26.1 Å². The second kappa shape index (κ2) is 8.35. The number of aromatic amines is 1. The molecule has 7 heteroatoms. The Bertz CT molecular complexity index is 1040. The maximum Gasteiger partial charge on any atom is 0.257 e. The number of fused-ring (bicyclic) bond motifs is 1. The highest BCUT2D eigenvalue weighted by atomic mass is 35.5. The molecule has 0 aliphatic carbocycles. The molecule has 4 rings (SSSR count). The van der Waals surface area contributed by atoms with Gasteiger partial charge in [-0.1, -0.05) is 59.6 Å². The highest BCUT2D eigenvalue weighted by Gasteiger charge is 2.21. The minimum atomic E-state index is -0.0839. The summed E-state index contributed by atoms with van der Waals surface area (Å²) in [5, 5.41) is 4.30. The van der Waals surface area contributed by atoms with Crippen LogP contribution in [0, 0.1) is 0 Å². The molecule has 0 amide bonds. The molecule has 0 radical (unpaired) electrons. The van der Waals surface area contributed by atoms with Crippen LogP contribution >= 0.6 is 23.2 Å². The van der Waals surface area contributed by atoms with Crippen molar-refractivity contribution in [3.8, 4) is 0 Å². The van der Waals surface area contributed by atoms with E-state index in [9.17, 15) is 4.79 Å². The summed E-state index contributed by atoms with van der Waals surface area (Å²) in [6, 6.07) is 15.7. The van der Waals surface area contributed by atoms with E-state index in [-0.39, 0.29) is 5.56 Å². The molecule has 28 heavy (non-hydrogen) atoms. The third-order valence-electron chi connectivity index (χ3n) is 4.84. The van der Waals surface area contributed by atoms with Gasteiger partial charge in [0, 0.05) is 32.6 Å². The van der Waals surface area contributed by atoms with Crippen molar-refractivity contribution < 1.29 is 0 Å². The van der Waals surface area contributed by atoms with Crippen molar-refractivity contribution in [2.24, 2.45) is 0 Å². The molecular weight excluding hydrogens is 395 g/mol. The average Bonchev–Trinajstić information content (AvgIpc) is 2.70. The Morgan fingerprint density at radius 1 is 1.07 bits per heavy atom. The van der Waals surface area contributed by atoms with Crippen LogP contribution in [0.5, 0.6) is 0 Å². The normalized spacial score (nSPS) is 13.9. The van der Waals surface area contributed by atoms with E-state index >= 15 is 0 Å². The van der Waals surface area contributed by atoms with Crippen LogP contribution in [0.25, 0.3) is 0 Å². The van der Waals surface area contributed by atoms with Gasteiger partial charge >= 0.3 is 0 Å². The molecule has 1 aliphatic heterocycles. The highest BCUT2D eigenvalue weighted by molar-refractivity contribution is 6.42. The number of nitrogens with one attached hydrogen (secondary N) is 2. The summed E-state index contributed by atoms with van der Waals surface area (Å²) >= 11 is 12.1. The van der Waals surface area contributed by atoms with Gasteiger partial charge in [0.05, 0.1) is 21.3 Å². The van der Waals surface area contributed by atoms with Crippen LogP contribution in [0.15, 0.2) is 53.3 Å². The Morgan fingerprint density at radius 3 is 2.68 bits per heavy atom. The van der Waals surface area contributed by atoms with Gasteiger partial charge in [0.15, 0.2) is 0 Å². The van der Waals surface area contributed by atoms with E-state index in [2.05, 4.69) is 20.2 Å². The number of nitrogens with zero attached hydrogens (tertiary/aromatic N) is 2. The van der Waals surface area contributed by atoms with Crippen LogP contribution in [0.2, 0.25) is 10.0 Å². The summed E-state index contributed by atoms with van der Waals surface area (Å²) in [6.45, 7) is 2.73. The van der Waals surface area contributed by atoms with E-state index in [0.29, 0.717) is 35.6 Å². The summed E-state index contributed by atoms with van der Waals surface area (Å²) in [5.41, 5.74) is 3.72. The monoisotopic (exact) mass is 414 g/mol. The lowest BCUT2D eigenvalue weighted by atomic mass is 10.1. The van der Waals surface area contributed by atoms with Crippen LogP contribution < -0.4 is 10.9 Å². The Morgan fingerprint density at radius 2 is 1.89 bits per heavy atom. The molecule has 1 aliphatic rings. The minimum absolute atomic E-state index is 0.0839. The zero-order valence-corrected chi connectivity index (χ0v) is 16.7. The number of anilines is 1. The molecule has 0 bridgehead atoms. The highest BCUT2D eigenvalue weighted by Crippen LogP contribution is 2.24. The molecule has 3 aromatic rings. The van der Waals surface area contributed by atoms with Crippen molar-refractivity contribution in [3.05, 3.63) is 91.3 Å². The predicted octanol–water partition coefficient (Wildman–Crippen LogP) is 4.25. The first-order chi connectivity index (χ1) is 13.6. The first-order valence-electron chi connectivity index (χ1n) is 9.14. The number of aromatic nitrogens is 2. The Kier molecular flexibility index (Phi) is 5.67. The summed E-state index contributed by atoms with van der Waals surface area (Å²) in [6.07, 6.45) is 0.737. The van der Waals surface area contributed by atoms with Gasteiger partial charge in [-0.25, -0.2) is 4.98 Å². The number of benzene rings is 2. The molecule has 0 spiro atoms. The molecule has 2 aromatic carbocycles. The summed E-state index contributed by atoms with van der Waals surface area (Å²) < 4.78 is 0. The third-order valence-corrected chi connectivity index (χ3v) is 5.58. The fourth-order valence-corrected chi connectivity index (χ4v) is 3.70. The molecule has 1 aromatic heterocycles. The predicted molar refractivity (Wildman–Crippen MR) is 113 cm³/mol. The smallest absolute Gasteiger partial charge is 0.257 e. The van der Waals surface area contributed by atoms with E-state index in [4.69, 9.17) is 23.2 Å². The first kappa shape index (κ1) is 19.0. The molecule has 2 N–H and O–H groups in total. The van der Waals surface area contributed by atoms with Gasteiger partial charge in [0.1, 0.15) is 0 Å². The maximum absolute atomic E-state index is 12.6. The molecule has 0 fully saturated rings. The lowest BCUT2D eigenvalue weighted by Crippen LogP contribution is -2.35. The standard InChI is InChI=1S/C21H20Cl2N4O/c22-17-7-6-15(10-18(17)23)12-27-9-8-19-16(13-27)20(28)26-21(25-19)24-11-14-4-2-1-3-5-14/h1-7,10H,8-9,11-13H2,(H2,24,25,26,28). The van der Waals surface area contributed by atoms with Crippen molar-refractivity contribution >= 4 is 29.2 Å². The van der Waals surface area contributed by atoms with Gasteiger partial charge in [-0.2, -0.15) is 0 Å². The average molecular weight is 415 g/mol. The van der Waals surface area contributed by atoms with E-state index in [1.165, 1.54) is 0 Å². The lowest BCUT2D eigenvalue weighted by Gasteiger charge is -2.27. The van der Waals surface area contributed by atoms with Crippen LogP contribution in [0.3, 0.4) is 0 Å². The largest absolute Gasteiger partial charge is 0.352 e. The molecular formula is C21H20Cl2N4O. The zero-order valence-electron chi connectivity index (χ0n) is 15.2. The summed E-state index contributed by atoms with van der Waals surface area (Å²) in [5.74, 6) is 0.519. The summed E-state index contributed by atoms with van der Waals surface area (Å²) in [7, 11) is 0. The molecule has 5 nitrogen and oxygen atoms in total. The molecule has 0 saturated heterocycles. The van der Waals surface area contributed by atoms with Gasteiger partial charge in [-0.15, -0.1) is 0 Å². The SMILES string of the molecule is O=c1[nH]c(NCc2ccccc2)nc2c1CN(Cc1ccc(Cl)c(Cl)c1)CC2. The van der Waals surface area contributed by atoms with Crippen molar-refractivity contribution in [2.75, 3.05) is 11.9 Å². The van der Waals surface area contributed by atoms with Gasteiger partial charge < -0.3 is 5.32 Å². The Labute approximate surface area is 173 Å². The second-order valence-corrected chi connectivity index (χ2v) is 7.70. The molecule has 0 saturated carbocycles. The summed E-state index contributed by atoms with van der Waals surface area (Å²) in [4.78, 5) is 22.3. The van der Waals surface area contributed by atoms with Gasteiger partial charge in [0.2, 0.25) is 5.95 Å². The van der Waals surface area contributed by atoms with Crippen molar-refractivity contribution in [1.82, 2.24) is 14.9 Å². The lowest BCUT2D eigenvalue weighted by molar-refractivity contribution is 0.242. The maximum atomic E-state index is 12.6. The quantitative estimate of drug-likeness (QED) is 0.654. The van der Waals surface area contributed by atoms with Crippen LogP contribution in [-0.4, -0.2) is 21.4 Å². The third kappa shape index (κ3) is 4.38. The molecule has 2 heterocycles. The van der Waals surface area contributed by atoms with Crippen LogP contribution in [0.1, 0.15) is 22.4 Å². The van der Waals surface area contributed by atoms with Crippen LogP contribution in [-0.2, 0) is 26.1 Å². The second-order valence-electron chi connectivity index (χ2n) is 6.89. The number of hydrogen-bond donors (Lipinski definition) is 2. The number of halogens is 2. The Hall–Kier alpha value is -2.34. The Balaban J connectivity index is 1.45. The van der Waals surface area contributed by atoms with Crippen molar-refractivity contribution in [1.29, 1.82) is 0 Å². The number of hydrogen-bond acceptors (Lipinski definition) is 4. The fourth-order valence-electron chi connectivity index (χ4n) is 3.38. The molecule has 144 valence electrons. The van der Waals surface area contributed by atoms with E-state index in [1.54, 1.807) is 6.07 Å². The van der Waals surface area contributed by atoms with E-state index in [1.807, 2.05) is 42.5 Å². The van der Waals surface area contributed by atoms with Crippen LogP contribution in [0.4, 0.5) is 5.95 Å². The fraction of sp³-hybridized carbons (Fsp3) is 0.238. The zero-order chi connectivity index (χ0) is 19.5.